The fraction of sp³-hybridized carbons (Fsp3) is 0.700. The van der Waals surface area contributed by atoms with E-state index in [1.54, 1.807) is 12.1 Å². The Kier molecular flexibility index (Phi) is 14.7. The van der Waals surface area contributed by atoms with Crippen molar-refractivity contribution in [3.05, 3.63) is 24.3 Å². The number of aliphatic carboxylic acids is 1. The van der Waals surface area contributed by atoms with E-state index in [2.05, 4.69) is 10.6 Å². The number of carbonyl (C=O) groups is 3. The first kappa shape index (κ1) is 39.3. The largest absolute Gasteiger partial charge is 0.497 e. The van der Waals surface area contributed by atoms with Gasteiger partial charge < -0.3 is 75.2 Å². The molecular weight excluding hydrogens is 644 g/mol. The number of methoxy groups -OCH3 is 1. The maximum Gasteiger partial charge on any atom is 0.364 e. The van der Waals surface area contributed by atoms with Crippen molar-refractivity contribution in [2.75, 3.05) is 26.9 Å². The molecular formula is C30H46N2O16. The van der Waals surface area contributed by atoms with Crippen molar-refractivity contribution in [3.63, 3.8) is 0 Å². The van der Waals surface area contributed by atoms with Crippen LogP contribution in [0.25, 0.3) is 0 Å². The third-order valence-corrected chi connectivity index (χ3v) is 8.08. The van der Waals surface area contributed by atoms with Crippen LogP contribution < -0.4 is 20.1 Å². The number of ether oxygens (including phenoxy) is 5. The molecule has 0 bridgehead atoms. The molecule has 1 aromatic carbocycles. The highest BCUT2D eigenvalue weighted by Gasteiger charge is 2.57. The number of carbonyl (C=O) groups excluding carboxylic acids is 2. The summed E-state index contributed by atoms with van der Waals surface area (Å²) >= 11 is 0. The minimum Gasteiger partial charge on any atom is -0.497 e. The van der Waals surface area contributed by atoms with E-state index in [9.17, 15) is 55.2 Å². The van der Waals surface area contributed by atoms with Crippen molar-refractivity contribution >= 4 is 17.8 Å². The topological polar surface area (TPSA) is 283 Å². The van der Waals surface area contributed by atoms with Crippen LogP contribution in [-0.2, 0) is 28.6 Å². The molecule has 48 heavy (non-hydrogen) atoms. The molecule has 0 aromatic heterocycles. The average molecular weight is 691 g/mol. The van der Waals surface area contributed by atoms with Crippen molar-refractivity contribution in [1.29, 1.82) is 0 Å². The van der Waals surface area contributed by atoms with E-state index in [0.717, 1.165) is 12.8 Å². The second-order valence-electron chi connectivity index (χ2n) is 11.6. The number of hydrogen-bond acceptors (Lipinski definition) is 15. The minimum atomic E-state index is -2.79. The molecule has 3 rings (SSSR count). The van der Waals surface area contributed by atoms with Gasteiger partial charge >= 0.3 is 5.97 Å². The van der Waals surface area contributed by atoms with Crippen LogP contribution in [0.2, 0.25) is 0 Å². The number of unbranched alkanes of at least 4 members (excludes halogenated alkanes) is 2. The van der Waals surface area contributed by atoms with Crippen LogP contribution in [0.15, 0.2) is 24.3 Å². The van der Waals surface area contributed by atoms with Crippen molar-refractivity contribution in [1.82, 2.24) is 10.6 Å². The van der Waals surface area contributed by atoms with Crippen LogP contribution >= 0.6 is 0 Å². The summed E-state index contributed by atoms with van der Waals surface area (Å²) in [6.45, 7) is -0.411. The maximum atomic E-state index is 12.6. The molecule has 11 atom stereocenters. The minimum absolute atomic E-state index is 0.160. The van der Waals surface area contributed by atoms with Crippen molar-refractivity contribution in [2.45, 2.75) is 106 Å². The maximum absolute atomic E-state index is 12.6. The molecule has 0 unspecified atom stereocenters. The van der Waals surface area contributed by atoms with Gasteiger partial charge in [-0.25, -0.2) is 4.79 Å². The van der Waals surface area contributed by atoms with Gasteiger partial charge in [0.2, 0.25) is 18.1 Å². The predicted octanol–water partition coefficient (Wildman–Crippen LogP) is -3.28. The Morgan fingerprint density at radius 2 is 1.67 bits per heavy atom. The highest BCUT2D eigenvalue weighted by atomic mass is 16.7. The normalized spacial score (nSPS) is 31.7. The van der Waals surface area contributed by atoms with Gasteiger partial charge in [0.25, 0.3) is 5.79 Å². The molecule has 18 heteroatoms. The zero-order valence-corrected chi connectivity index (χ0v) is 26.6. The summed E-state index contributed by atoms with van der Waals surface area (Å²) in [6, 6.07) is 4.51. The molecule has 18 nitrogen and oxygen atoms in total. The molecule has 2 amide bonds. The van der Waals surface area contributed by atoms with Crippen LogP contribution in [0.1, 0.15) is 39.0 Å². The fourth-order valence-electron chi connectivity index (χ4n) is 5.29. The Hall–Kier alpha value is -3.17. The zero-order chi connectivity index (χ0) is 35.6. The number of amides is 2. The van der Waals surface area contributed by atoms with E-state index in [1.807, 2.05) is 6.92 Å². The first-order valence-electron chi connectivity index (χ1n) is 15.5. The zero-order valence-electron chi connectivity index (χ0n) is 26.6. The van der Waals surface area contributed by atoms with Crippen molar-refractivity contribution < 1.29 is 78.9 Å². The van der Waals surface area contributed by atoms with E-state index in [1.165, 1.54) is 19.2 Å². The van der Waals surface area contributed by atoms with Crippen molar-refractivity contribution in [2.24, 2.45) is 0 Å². The quantitative estimate of drug-likeness (QED) is 0.0718. The average Bonchev–Trinajstić information content (AvgIpc) is 3.07. The van der Waals surface area contributed by atoms with E-state index >= 15 is 0 Å². The Labute approximate surface area is 276 Å². The second-order valence-corrected chi connectivity index (χ2v) is 11.6. The van der Waals surface area contributed by atoms with Gasteiger partial charge in [0, 0.05) is 19.4 Å². The third kappa shape index (κ3) is 9.94. The van der Waals surface area contributed by atoms with Gasteiger partial charge in [-0.05, 0) is 30.7 Å². The summed E-state index contributed by atoms with van der Waals surface area (Å²) in [5.74, 6) is -5.35. The standard InChI is InChI=1S/C30H46N2O16/c1-3-4-5-6-20(36)31-12-18(35)23(38)27-22(32-21(37)13-33)17(34)11-30(48-27,29(42)43)45-14-19-24(39)25(40)26(41)28(47-19)46-16-9-7-15(44-2)8-10-16/h7-10,17-19,22-28,33-35,38-41H,3-6,11-14H2,1-2H3,(H,31,36)(H,32,37)(H,42,43)/t17-,18+,19+,22+,23+,24-,25-,26+,27+,28+,30+/m0/s1. The summed E-state index contributed by atoms with van der Waals surface area (Å²) < 4.78 is 27.5. The van der Waals surface area contributed by atoms with E-state index in [-0.39, 0.29) is 12.2 Å². The molecule has 1 aromatic rings. The molecule has 0 aliphatic carbocycles. The second kappa shape index (κ2) is 18.0. The number of hydrogen-bond donors (Lipinski definition) is 10. The molecule has 2 fully saturated rings. The molecule has 272 valence electrons. The molecule has 2 heterocycles. The van der Waals surface area contributed by atoms with Gasteiger partial charge in [-0.3, -0.25) is 9.59 Å². The van der Waals surface area contributed by atoms with Crippen LogP contribution in [-0.4, -0.2) is 152 Å². The number of nitrogens with one attached hydrogen (secondary N) is 2. The molecule has 0 spiro atoms. The Bertz CT molecular complexity index is 1190. The van der Waals surface area contributed by atoms with Crippen LogP contribution in [0.5, 0.6) is 11.5 Å². The Balaban J connectivity index is 1.78. The Morgan fingerprint density at radius 1 is 1.00 bits per heavy atom. The lowest BCUT2D eigenvalue weighted by molar-refractivity contribution is -0.331. The number of benzene rings is 1. The summed E-state index contributed by atoms with van der Waals surface area (Å²) in [5, 5.41) is 88.4. The first-order valence-corrected chi connectivity index (χ1v) is 15.5. The molecule has 10 N–H and O–H groups in total. The number of carboxylic acids is 1. The van der Waals surface area contributed by atoms with Crippen LogP contribution in [0.4, 0.5) is 0 Å². The third-order valence-electron chi connectivity index (χ3n) is 8.08. The lowest BCUT2D eigenvalue weighted by Crippen LogP contribution is -2.69. The summed E-state index contributed by atoms with van der Waals surface area (Å²) in [6.07, 6.45) is -14.5. The monoisotopic (exact) mass is 690 g/mol. The fourth-order valence-corrected chi connectivity index (χ4v) is 5.29. The molecule has 2 saturated heterocycles. The summed E-state index contributed by atoms with van der Waals surface area (Å²) in [5.41, 5.74) is 0. The molecule has 0 radical (unpaired) electrons. The van der Waals surface area contributed by atoms with Gasteiger partial charge in [-0.15, -0.1) is 0 Å². The van der Waals surface area contributed by atoms with E-state index in [0.29, 0.717) is 12.2 Å². The van der Waals surface area contributed by atoms with Crippen LogP contribution in [0.3, 0.4) is 0 Å². The van der Waals surface area contributed by atoms with E-state index < -0.39 is 111 Å². The van der Waals surface area contributed by atoms with E-state index in [4.69, 9.17) is 23.7 Å². The molecule has 2 aliphatic rings. The summed E-state index contributed by atoms with van der Waals surface area (Å²) in [7, 11) is 1.46. The van der Waals surface area contributed by atoms with Gasteiger partial charge in [0.1, 0.15) is 54.7 Å². The van der Waals surface area contributed by atoms with Crippen LogP contribution in [0, 0.1) is 0 Å². The lowest BCUT2D eigenvalue weighted by atomic mass is 9.88. The Morgan fingerprint density at radius 3 is 2.27 bits per heavy atom. The summed E-state index contributed by atoms with van der Waals surface area (Å²) in [4.78, 5) is 36.8. The van der Waals surface area contributed by atoms with Gasteiger partial charge in [-0.2, -0.15) is 0 Å². The van der Waals surface area contributed by atoms with Crippen molar-refractivity contribution in [3.8, 4) is 11.5 Å². The number of rotatable bonds is 17. The van der Waals surface area contributed by atoms with Gasteiger partial charge in [-0.1, -0.05) is 19.8 Å². The number of aliphatic hydroxyl groups excluding tert-OH is 7. The SMILES string of the molecule is CCCCCC(=O)NC[C@@H](O)[C@@H](O)[C@@H]1O[C@@](OC[C@H]2O[C@@H](Oc3ccc(OC)cc3)[C@H](O)[C@@H](O)[C@H]2O)(C(=O)O)C[C@H](O)[C@H]1NC(=O)CO. The number of aliphatic hydroxyl groups is 7. The molecule has 2 aliphatic heterocycles. The van der Waals surface area contributed by atoms with Gasteiger partial charge in [0.15, 0.2) is 0 Å². The lowest BCUT2D eigenvalue weighted by Gasteiger charge is -2.47. The number of carboxylic acid groups (broad SMARTS) is 1. The van der Waals surface area contributed by atoms with Gasteiger partial charge in [0.05, 0.1) is 32.0 Å². The molecule has 0 saturated carbocycles. The highest BCUT2D eigenvalue weighted by Crippen LogP contribution is 2.35. The highest BCUT2D eigenvalue weighted by molar-refractivity contribution is 5.78. The first-order chi connectivity index (χ1) is 22.8. The smallest absolute Gasteiger partial charge is 0.364 e. The predicted molar refractivity (Wildman–Crippen MR) is 160 cm³/mol.